The summed E-state index contributed by atoms with van der Waals surface area (Å²) in [5.74, 6) is 0.159. The molecule has 0 aromatic heterocycles. The van der Waals surface area contributed by atoms with E-state index in [0.29, 0.717) is 22.1 Å². The van der Waals surface area contributed by atoms with Crippen LogP contribution < -0.4 is 11.5 Å². The average molecular weight is 290 g/mol. The Kier molecular flexibility index (Phi) is 2.39. The third-order valence-corrected chi connectivity index (χ3v) is 4.18. The number of fused-ring (bicyclic) bond motifs is 5. The van der Waals surface area contributed by atoms with E-state index < -0.39 is 0 Å². The molecule has 4 aromatic rings. The predicted octanol–water partition coefficient (Wildman–Crippen LogP) is 3.72. The SMILES string of the molecule is Nc1ccc2c(ccc3ccc4c(O)c(N)ccc4c32)c1O. The Hall–Kier alpha value is -3.14. The fraction of sp³-hybridized carbons (Fsp3) is 0. The van der Waals surface area contributed by atoms with Crippen LogP contribution in [0.25, 0.3) is 32.3 Å². The van der Waals surface area contributed by atoms with Gasteiger partial charge in [0.15, 0.2) is 0 Å². The first-order valence-electron chi connectivity index (χ1n) is 6.92. The highest BCUT2D eigenvalue weighted by molar-refractivity contribution is 6.22. The maximum atomic E-state index is 10.2. The van der Waals surface area contributed by atoms with Gasteiger partial charge in [-0.1, -0.05) is 24.3 Å². The Morgan fingerprint density at radius 2 is 0.955 bits per heavy atom. The molecule has 0 aliphatic carbocycles. The summed E-state index contributed by atoms with van der Waals surface area (Å²) in [4.78, 5) is 0. The molecule has 0 aliphatic heterocycles. The Labute approximate surface area is 126 Å². The van der Waals surface area contributed by atoms with Gasteiger partial charge in [0, 0.05) is 10.8 Å². The number of phenols is 2. The van der Waals surface area contributed by atoms with Gasteiger partial charge in [-0.05, 0) is 45.8 Å². The number of hydrogen-bond acceptors (Lipinski definition) is 4. The van der Waals surface area contributed by atoms with Gasteiger partial charge in [-0.25, -0.2) is 0 Å². The first-order valence-corrected chi connectivity index (χ1v) is 6.92. The highest BCUT2D eigenvalue weighted by atomic mass is 16.3. The van der Waals surface area contributed by atoms with Crippen molar-refractivity contribution in [1.82, 2.24) is 0 Å². The summed E-state index contributed by atoms with van der Waals surface area (Å²) in [6, 6.07) is 14.7. The molecule has 4 nitrogen and oxygen atoms in total. The number of hydrogen-bond donors (Lipinski definition) is 4. The van der Waals surface area contributed by atoms with Crippen LogP contribution in [0.5, 0.6) is 11.5 Å². The molecule has 0 bridgehead atoms. The molecular formula is C18H14N2O2. The van der Waals surface area contributed by atoms with E-state index in [2.05, 4.69) is 0 Å². The largest absolute Gasteiger partial charge is 0.505 e. The maximum absolute atomic E-state index is 10.2. The van der Waals surface area contributed by atoms with Crippen LogP contribution in [0.2, 0.25) is 0 Å². The molecule has 0 saturated carbocycles. The minimum absolute atomic E-state index is 0.0797. The highest BCUT2D eigenvalue weighted by Gasteiger charge is 2.12. The summed E-state index contributed by atoms with van der Waals surface area (Å²) in [7, 11) is 0. The van der Waals surface area contributed by atoms with Gasteiger partial charge in [-0.15, -0.1) is 0 Å². The molecule has 6 N–H and O–H groups in total. The van der Waals surface area contributed by atoms with Gasteiger partial charge < -0.3 is 21.7 Å². The van der Waals surface area contributed by atoms with Crippen LogP contribution in [0.15, 0.2) is 48.5 Å². The van der Waals surface area contributed by atoms with Gasteiger partial charge in [-0.3, -0.25) is 0 Å². The molecule has 0 fully saturated rings. The quantitative estimate of drug-likeness (QED) is 0.225. The molecule has 4 heteroatoms. The summed E-state index contributed by atoms with van der Waals surface area (Å²) in [6.45, 7) is 0. The molecule has 0 aliphatic rings. The fourth-order valence-corrected chi connectivity index (χ4v) is 3.05. The van der Waals surface area contributed by atoms with Gasteiger partial charge in [0.05, 0.1) is 11.4 Å². The zero-order valence-corrected chi connectivity index (χ0v) is 11.7. The average Bonchev–Trinajstić information content (AvgIpc) is 2.53. The van der Waals surface area contributed by atoms with Crippen LogP contribution in [0.4, 0.5) is 11.4 Å². The minimum atomic E-state index is 0.0797. The van der Waals surface area contributed by atoms with E-state index in [1.165, 1.54) is 0 Å². The van der Waals surface area contributed by atoms with Crippen molar-refractivity contribution < 1.29 is 10.2 Å². The fourth-order valence-electron chi connectivity index (χ4n) is 3.05. The van der Waals surface area contributed by atoms with Crippen molar-refractivity contribution in [2.75, 3.05) is 11.5 Å². The zero-order chi connectivity index (χ0) is 15.4. The number of aromatic hydroxyl groups is 2. The number of rotatable bonds is 0. The van der Waals surface area contributed by atoms with Gasteiger partial charge in [-0.2, -0.15) is 0 Å². The van der Waals surface area contributed by atoms with Crippen LogP contribution in [-0.4, -0.2) is 10.2 Å². The molecule has 0 unspecified atom stereocenters. The first-order chi connectivity index (χ1) is 10.6. The third-order valence-electron chi connectivity index (χ3n) is 4.18. The minimum Gasteiger partial charge on any atom is -0.505 e. The van der Waals surface area contributed by atoms with Crippen LogP contribution in [0.1, 0.15) is 0 Å². The summed E-state index contributed by atoms with van der Waals surface area (Å²) in [5, 5.41) is 25.5. The predicted molar refractivity (Wildman–Crippen MR) is 91.1 cm³/mol. The Bertz CT molecular complexity index is 989. The van der Waals surface area contributed by atoms with E-state index in [1.807, 2.05) is 36.4 Å². The smallest absolute Gasteiger partial charge is 0.146 e. The van der Waals surface area contributed by atoms with Crippen molar-refractivity contribution in [3.05, 3.63) is 48.5 Å². The number of nitrogens with two attached hydrogens (primary N) is 2. The lowest BCUT2D eigenvalue weighted by molar-refractivity contribution is 0.484. The molecule has 0 atom stereocenters. The zero-order valence-electron chi connectivity index (χ0n) is 11.7. The standard InChI is InChI=1S/C18H14N2O2/c19-14-7-5-10-12(17(14)21)3-1-9-2-4-13-11(16(9)10)6-8-15(20)18(13)22/h1-8,21-22H,19-20H2. The molecule has 0 saturated heterocycles. The second kappa shape index (κ2) is 4.18. The Morgan fingerprint density at radius 1 is 0.545 bits per heavy atom. The summed E-state index contributed by atoms with van der Waals surface area (Å²) in [5.41, 5.74) is 12.3. The molecular weight excluding hydrogens is 276 g/mol. The van der Waals surface area contributed by atoms with E-state index in [1.54, 1.807) is 12.1 Å². The number of benzene rings is 4. The third kappa shape index (κ3) is 1.52. The normalized spacial score (nSPS) is 11.5. The highest BCUT2D eigenvalue weighted by Crippen LogP contribution is 2.40. The van der Waals surface area contributed by atoms with Crippen molar-refractivity contribution in [3.63, 3.8) is 0 Å². The van der Waals surface area contributed by atoms with Gasteiger partial charge in [0.2, 0.25) is 0 Å². The molecule has 4 rings (SSSR count). The number of phenolic OH excluding ortho intramolecular Hbond substituents is 2. The summed E-state index contributed by atoms with van der Waals surface area (Å²) >= 11 is 0. The lowest BCUT2D eigenvalue weighted by atomic mass is 9.95. The molecule has 0 radical (unpaired) electrons. The van der Waals surface area contributed by atoms with Gasteiger partial charge in [0.25, 0.3) is 0 Å². The second-order valence-corrected chi connectivity index (χ2v) is 5.43. The monoisotopic (exact) mass is 290 g/mol. The topological polar surface area (TPSA) is 92.5 Å². The van der Waals surface area contributed by atoms with Crippen LogP contribution >= 0.6 is 0 Å². The van der Waals surface area contributed by atoms with Crippen LogP contribution in [0, 0.1) is 0 Å². The number of nitrogen functional groups attached to an aromatic ring is 2. The van der Waals surface area contributed by atoms with Crippen molar-refractivity contribution in [2.45, 2.75) is 0 Å². The Morgan fingerprint density at radius 3 is 1.41 bits per heavy atom. The summed E-state index contributed by atoms with van der Waals surface area (Å²) in [6.07, 6.45) is 0. The lowest BCUT2D eigenvalue weighted by Gasteiger charge is -2.11. The molecule has 108 valence electrons. The van der Waals surface area contributed by atoms with Crippen molar-refractivity contribution in [2.24, 2.45) is 0 Å². The van der Waals surface area contributed by atoms with Crippen molar-refractivity contribution in [1.29, 1.82) is 0 Å². The molecule has 0 heterocycles. The lowest BCUT2D eigenvalue weighted by Crippen LogP contribution is -1.89. The van der Waals surface area contributed by atoms with Crippen molar-refractivity contribution >= 4 is 43.7 Å². The van der Waals surface area contributed by atoms with Crippen molar-refractivity contribution in [3.8, 4) is 11.5 Å². The molecule has 4 aromatic carbocycles. The van der Waals surface area contributed by atoms with Crippen LogP contribution in [0.3, 0.4) is 0 Å². The Balaban J connectivity index is 2.32. The second-order valence-electron chi connectivity index (χ2n) is 5.43. The van der Waals surface area contributed by atoms with E-state index in [9.17, 15) is 10.2 Å². The molecule has 22 heavy (non-hydrogen) atoms. The molecule has 0 amide bonds. The van der Waals surface area contributed by atoms with E-state index in [4.69, 9.17) is 11.5 Å². The van der Waals surface area contributed by atoms with Gasteiger partial charge in [0.1, 0.15) is 11.5 Å². The molecule has 0 spiro atoms. The number of anilines is 2. The van der Waals surface area contributed by atoms with E-state index >= 15 is 0 Å². The first kappa shape index (κ1) is 12.6. The van der Waals surface area contributed by atoms with E-state index in [0.717, 1.165) is 21.5 Å². The summed E-state index contributed by atoms with van der Waals surface area (Å²) < 4.78 is 0. The van der Waals surface area contributed by atoms with E-state index in [-0.39, 0.29) is 11.5 Å². The van der Waals surface area contributed by atoms with Crippen LogP contribution in [-0.2, 0) is 0 Å². The maximum Gasteiger partial charge on any atom is 0.146 e. The van der Waals surface area contributed by atoms with Gasteiger partial charge >= 0.3 is 0 Å².